The van der Waals surface area contributed by atoms with E-state index in [0.717, 1.165) is 21.7 Å². The van der Waals surface area contributed by atoms with Crippen molar-refractivity contribution < 1.29 is 29.1 Å². The molecule has 5 aromatic carbocycles. The number of carbonyl (C=O) groups excluding carboxylic acids is 5. The van der Waals surface area contributed by atoms with Crippen molar-refractivity contribution in [1.29, 1.82) is 0 Å². The van der Waals surface area contributed by atoms with Gasteiger partial charge in [-0.15, -0.1) is 0 Å². The molecule has 9 nitrogen and oxygen atoms in total. The maximum absolute atomic E-state index is 15.3. The summed E-state index contributed by atoms with van der Waals surface area (Å²) in [6.45, 7) is 3.75. The number of anilines is 2. The molecule has 2 aliphatic carbocycles. The number of allylic oxidation sites excluding steroid dienone is 2. The second kappa shape index (κ2) is 13.3. The molecule has 9 rings (SSSR count). The van der Waals surface area contributed by atoms with E-state index in [2.05, 4.69) is 5.43 Å². The van der Waals surface area contributed by atoms with Crippen LogP contribution in [0.15, 0.2) is 139 Å². The molecule has 2 aliphatic heterocycles. The van der Waals surface area contributed by atoms with Crippen LogP contribution in [0.4, 0.5) is 11.4 Å². The number of amides is 4. The smallest absolute Gasteiger partial charge is 0.260 e. The van der Waals surface area contributed by atoms with Gasteiger partial charge in [-0.3, -0.25) is 34.3 Å². The Hall–Kier alpha value is -6.61. The number of carbonyl (C=O) groups is 5. The second-order valence-electron chi connectivity index (χ2n) is 15.4. The Labute approximate surface area is 324 Å². The summed E-state index contributed by atoms with van der Waals surface area (Å²) in [4.78, 5) is 73.5. The van der Waals surface area contributed by atoms with E-state index in [0.29, 0.717) is 33.6 Å². The molecule has 278 valence electrons. The summed E-state index contributed by atoms with van der Waals surface area (Å²) in [6, 6.07) is 37.5. The summed E-state index contributed by atoms with van der Waals surface area (Å²) in [5.74, 6) is -5.14. The predicted molar refractivity (Wildman–Crippen MR) is 210 cm³/mol. The highest BCUT2D eigenvalue weighted by molar-refractivity contribution is 6.23. The number of rotatable bonds is 7. The maximum Gasteiger partial charge on any atom is 0.260 e. The number of benzene rings is 5. The highest BCUT2D eigenvalue weighted by Crippen LogP contribution is 2.64. The lowest BCUT2D eigenvalue weighted by Crippen LogP contribution is -2.53. The molecular formula is C47H39N3O6. The first kappa shape index (κ1) is 35.1. The van der Waals surface area contributed by atoms with Crippen LogP contribution >= 0.6 is 0 Å². The largest absolute Gasteiger partial charge is 0.508 e. The second-order valence-corrected chi connectivity index (χ2v) is 15.4. The topological polar surface area (TPSA) is 124 Å². The molecule has 0 radical (unpaired) electrons. The van der Waals surface area contributed by atoms with Crippen LogP contribution in [0.2, 0.25) is 0 Å². The molecule has 1 saturated carbocycles. The molecule has 3 fully saturated rings. The summed E-state index contributed by atoms with van der Waals surface area (Å²) >= 11 is 0. The highest BCUT2D eigenvalue weighted by Gasteiger charge is 2.70. The molecule has 0 aromatic heterocycles. The fraction of sp³-hybridized carbons (Fsp3) is 0.213. The Morgan fingerprint density at radius 3 is 2.07 bits per heavy atom. The van der Waals surface area contributed by atoms with Gasteiger partial charge in [0.25, 0.3) is 11.8 Å². The van der Waals surface area contributed by atoms with Gasteiger partial charge in [-0.2, -0.15) is 5.01 Å². The van der Waals surface area contributed by atoms with E-state index in [1.54, 1.807) is 67.6 Å². The van der Waals surface area contributed by atoms with E-state index in [4.69, 9.17) is 0 Å². The minimum Gasteiger partial charge on any atom is -0.508 e. The number of phenols is 1. The lowest BCUT2D eigenvalue weighted by molar-refractivity contribution is -0.138. The quantitative estimate of drug-likeness (QED) is 0.101. The van der Waals surface area contributed by atoms with Gasteiger partial charge in [0.1, 0.15) is 5.75 Å². The number of hydrogen-bond acceptors (Lipinski definition) is 7. The Morgan fingerprint density at radius 1 is 0.732 bits per heavy atom. The first-order chi connectivity index (χ1) is 27.1. The Bertz CT molecular complexity index is 2460. The summed E-state index contributed by atoms with van der Waals surface area (Å²) < 4.78 is 0. The van der Waals surface area contributed by atoms with Crippen molar-refractivity contribution in [3.05, 3.63) is 172 Å². The molecule has 0 bridgehead atoms. The number of nitrogens with one attached hydrogen (secondary N) is 1. The molecule has 2 heterocycles. The monoisotopic (exact) mass is 741 g/mol. The van der Waals surface area contributed by atoms with E-state index in [1.807, 2.05) is 79.7 Å². The molecule has 0 spiro atoms. The summed E-state index contributed by atoms with van der Waals surface area (Å²) in [5, 5.41) is 11.8. The number of aromatic hydroxyl groups is 1. The molecular weight excluding hydrogens is 703 g/mol. The molecule has 5 aromatic rings. The minimum absolute atomic E-state index is 0.101. The number of hydrogen-bond donors (Lipinski definition) is 2. The summed E-state index contributed by atoms with van der Waals surface area (Å²) in [5.41, 5.74) is 7.53. The molecule has 4 aliphatic rings. The molecule has 2 saturated heterocycles. The van der Waals surface area contributed by atoms with Crippen molar-refractivity contribution in [1.82, 2.24) is 5.01 Å². The number of imide groups is 2. The van der Waals surface area contributed by atoms with Gasteiger partial charge < -0.3 is 5.11 Å². The number of phenolic OH excluding ortho intramolecular Hbond substituents is 1. The predicted octanol–water partition coefficient (Wildman–Crippen LogP) is 7.43. The Morgan fingerprint density at radius 2 is 1.39 bits per heavy atom. The molecule has 9 heteroatoms. The third kappa shape index (κ3) is 5.25. The van der Waals surface area contributed by atoms with Crippen molar-refractivity contribution in [2.75, 3.05) is 10.3 Å². The SMILES string of the molecule is Cc1ccc(NN2C(=O)[C@@H]3C[C@@H]4C(=CC[C@@H]5C(=O)N(c6ccc(C(=O)c7ccccc7)cc6)C(=O)[C@@H]54)[C@H](c4ccc(O)c(C)c4)[C@]3(c3ccccc3)C2=O)cc1. The van der Waals surface area contributed by atoms with Gasteiger partial charge in [-0.05, 0) is 91.8 Å². The van der Waals surface area contributed by atoms with Crippen molar-refractivity contribution in [3.63, 3.8) is 0 Å². The van der Waals surface area contributed by atoms with Gasteiger partial charge in [-0.25, -0.2) is 0 Å². The van der Waals surface area contributed by atoms with Crippen molar-refractivity contribution in [2.45, 2.75) is 38.0 Å². The maximum atomic E-state index is 15.3. The molecule has 0 unspecified atom stereocenters. The van der Waals surface area contributed by atoms with E-state index in [-0.39, 0.29) is 36.2 Å². The van der Waals surface area contributed by atoms with E-state index < -0.39 is 46.8 Å². The number of fused-ring (bicyclic) bond motifs is 4. The zero-order valence-electron chi connectivity index (χ0n) is 30.9. The van der Waals surface area contributed by atoms with E-state index in [9.17, 15) is 24.3 Å². The van der Waals surface area contributed by atoms with Crippen molar-refractivity contribution >= 4 is 40.8 Å². The van der Waals surface area contributed by atoms with Gasteiger partial charge in [0.05, 0.1) is 34.5 Å². The fourth-order valence-electron chi connectivity index (χ4n) is 9.75. The van der Waals surface area contributed by atoms with Gasteiger partial charge in [-0.1, -0.05) is 102 Å². The third-order valence-electron chi connectivity index (χ3n) is 12.4. The minimum atomic E-state index is -1.40. The van der Waals surface area contributed by atoms with Crippen LogP contribution in [0.5, 0.6) is 5.75 Å². The van der Waals surface area contributed by atoms with Crippen molar-refractivity contribution in [3.8, 4) is 5.75 Å². The molecule has 6 atom stereocenters. The number of nitrogens with zero attached hydrogens (tertiary/aromatic N) is 2. The lowest BCUT2D eigenvalue weighted by atomic mass is 9.49. The van der Waals surface area contributed by atoms with Crippen LogP contribution in [0.25, 0.3) is 0 Å². The summed E-state index contributed by atoms with van der Waals surface area (Å²) in [6.07, 6.45) is 2.46. The van der Waals surface area contributed by atoms with Crippen LogP contribution in [-0.4, -0.2) is 39.5 Å². The van der Waals surface area contributed by atoms with Crippen LogP contribution < -0.4 is 10.3 Å². The number of hydrazine groups is 1. The fourth-order valence-corrected chi connectivity index (χ4v) is 9.75. The normalized spacial score (nSPS) is 25.4. The first-order valence-corrected chi connectivity index (χ1v) is 18.9. The average molecular weight is 742 g/mol. The molecule has 2 N–H and O–H groups in total. The Kier molecular flexibility index (Phi) is 8.34. The van der Waals surface area contributed by atoms with Gasteiger partial charge in [0.2, 0.25) is 11.8 Å². The van der Waals surface area contributed by atoms with Crippen LogP contribution in [0.1, 0.15) is 56.9 Å². The number of aryl methyl sites for hydroxylation is 2. The lowest BCUT2D eigenvalue weighted by Gasteiger charge is -2.50. The van der Waals surface area contributed by atoms with E-state index in [1.165, 1.54) is 4.90 Å². The summed E-state index contributed by atoms with van der Waals surface area (Å²) in [7, 11) is 0. The zero-order chi connectivity index (χ0) is 38.9. The van der Waals surface area contributed by atoms with Gasteiger partial charge >= 0.3 is 0 Å². The third-order valence-corrected chi connectivity index (χ3v) is 12.4. The first-order valence-electron chi connectivity index (χ1n) is 18.9. The van der Waals surface area contributed by atoms with Gasteiger partial charge in [0, 0.05) is 17.0 Å². The zero-order valence-corrected chi connectivity index (χ0v) is 30.9. The van der Waals surface area contributed by atoms with Gasteiger partial charge in [0.15, 0.2) is 5.78 Å². The van der Waals surface area contributed by atoms with E-state index >= 15 is 4.79 Å². The van der Waals surface area contributed by atoms with Crippen LogP contribution in [-0.2, 0) is 24.6 Å². The molecule has 56 heavy (non-hydrogen) atoms. The highest BCUT2D eigenvalue weighted by atomic mass is 16.3. The van der Waals surface area contributed by atoms with Crippen LogP contribution in [0.3, 0.4) is 0 Å². The Balaban J connectivity index is 1.15. The van der Waals surface area contributed by atoms with Crippen molar-refractivity contribution in [2.24, 2.45) is 23.7 Å². The van der Waals surface area contributed by atoms with Crippen LogP contribution in [0, 0.1) is 37.5 Å². The number of ketones is 1. The molecule has 4 amide bonds. The standard InChI is InChI=1S/C47H39N3O6/c1-27-13-18-33(19-14-27)48-50-44(54)38-26-37-35(41(31-17-24-39(51)28(2)25-31)47(38,46(50)56)32-11-7-4-8-12-32)22-23-36-40(37)45(55)49(43(36)53)34-20-15-30(16-21-34)42(52)29-9-5-3-6-10-29/h3-22,24-25,36-38,40-41,48,51H,23,26H2,1-2H3/t36-,37+,38-,40-,41-,47+/m0/s1. The average Bonchev–Trinajstić information content (AvgIpc) is 3.60.